The molecule has 1 N–H and O–H groups in total. The lowest BCUT2D eigenvalue weighted by Gasteiger charge is -2.05. The molecular weight excluding hydrogens is 132 g/mol. The van der Waals surface area contributed by atoms with Crippen LogP contribution in [0.3, 0.4) is 0 Å². The van der Waals surface area contributed by atoms with E-state index >= 15 is 0 Å². The molecule has 1 atom stereocenters. The molecule has 60 valence electrons. The van der Waals surface area contributed by atoms with Crippen molar-refractivity contribution in [3.63, 3.8) is 0 Å². The summed E-state index contributed by atoms with van der Waals surface area (Å²) in [5.74, 6) is 0. The number of hydrogen-bond acceptors (Lipinski definition) is 3. The lowest BCUT2D eigenvalue weighted by molar-refractivity contribution is -0.297. The van der Waals surface area contributed by atoms with Crippen molar-refractivity contribution in [3.05, 3.63) is 12.7 Å². The van der Waals surface area contributed by atoms with Crippen molar-refractivity contribution in [1.29, 1.82) is 0 Å². The molecule has 0 heterocycles. The van der Waals surface area contributed by atoms with Gasteiger partial charge < -0.3 is 5.11 Å². The highest BCUT2D eigenvalue weighted by Gasteiger charge is 1.99. The van der Waals surface area contributed by atoms with Gasteiger partial charge in [-0.1, -0.05) is 13.0 Å². The zero-order valence-corrected chi connectivity index (χ0v) is 6.25. The van der Waals surface area contributed by atoms with Crippen LogP contribution in [0.5, 0.6) is 0 Å². The molecule has 0 radical (unpaired) electrons. The largest absolute Gasteiger partial charge is 0.391 e. The third kappa shape index (κ3) is 5.75. The van der Waals surface area contributed by atoms with Crippen LogP contribution in [-0.4, -0.2) is 24.4 Å². The Labute approximate surface area is 61.2 Å². The predicted molar refractivity (Wildman–Crippen MR) is 38.4 cm³/mol. The van der Waals surface area contributed by atoms with Crippen molar-refractivity contribution < 1.29 is 14.9 Å². The van der Waals surface area contributed by atoms with E-state index in [1.165, 1.54) is 0 Å². The Morgan fingerprint density at radius 3 is 2.80 bits per heavy atom. The standard InChI is InChI=1S/C7H14O3/c1-3-5-9-10-6-7(8)4-2/h3,7-8H,1,4-6H2,2H3. The number of aliphatic hydroxyl groups is 1. The van der Waals surface area contributed by atoms with Crippen LogP contribution in [-0.2, 0) is 9.78 Å². The van der Waals surface area contributed by atoms with Gasteiger partial charge in [0.1, 0.15) is 13.2 Å². The van der Waals surface area contributed by atoms with Crippen molar-refractivity contribution in [2.75, 3.05) is 13.2 Å². The highest BCUT2D eigenvalue weighted by atomic mass is 17.2. The predicted octanol–water partition coefficient (Wildman–Crippen LogP) is 0.891. The third-order valence-electron chi connectivity index (χ3n) is 1.00. The van der Waals surface area contributed by atoms with Crippen LogP contribution in [0.1, 0.15) is 13.3 Å². The van der Waals surface area contributed by atoms with Gasteiger partial charge in [-0.15, -0.1) is 6.58 Å². The Bertz CT molecular complexity index is 82.9. The van der Waals surface area contributed by atoms with Crippen LogP contribution < -0.4 is 0 Å². The van der Waals surface area contributed by atoms with E-state index in [1.807, 2.05) is 6.92 Å². The van der Waals surface area contributed by atoms with Crippen LogP contribution in [0.15, 0.2) is 12.7 Å². The first-order valence-corrected chi connectivity index (χ1v) is 3.34. The van der Waals surface area contributed by atoms with Crippen molar-refractivity contribution in [2.24, 2.45) is 0 Å². The van der Waals surface area contributed by atoms with E-state index in [4.69, 9.17) is 5.11 Å². The molecule has 0 aliphatic rings. The van der Waals surface area contributed by atoms with E-state index < -0.39 is 6.10 Å². The van der Waals surface area contributed by atoms with Gasteiger partial charge in [-0.3, -0.25) is 0 Å². The summed E-state index contributed by atoms with van der Waals surface area (Å²) in [6.07, 6.45) is 1.83. The quantitative estimate of drug-likeness (QED) is 0.262. The molecule has 0 amide bonds. The molecule has 0 rings (SSSR count). The minimum absolute atomic E-state index is 0.227. The Hall–Kier alpha value is -0.380. The molecule has 0 bridgehead atoms. The van der Waals surface area contributed by atoms with Gasteiger partial charge in [-0.25, -0.2) is 9.78 Å². The second kappa shape index (κ2) is 6.74. The Morgan fingerprint density at radius 2 is 2.30 bits per heavy atom. The summed E-state index contributed by atoms with van der Waals surface area (Å²) >= 11 is 0. The molecule has 0 aliphatic heterocycles. The zero-order chi connectivity index (χ0) is 7.82. The summed E-state index contributed by atoms with van der Waals surface area (Å²) in [6.45, 7) is 5.89. The molecule has 3 nitrogen and oxygen atoms in total. The lowest BCUT2D eigenvalue weighted by atomic mass is 10.3. The normalized spacial score (nSPS) is 13.0. The van der Waals surface area contributed by atoms with Gasteiger partial charge in [0, 0.05) is 0 Å². The molecule has 0 saturated carbocycles. The summed E-state index contributed by atoms with van der Waals surface area (Å²) in [5.41, 5.74) is 0. The van der Waals surface area contributed by atoms with E-state index in [1.54, 1.807) is 6.08 Å². The van der Waals surface area contributed by atoms with Crippen molar-refractivity contribution >= 4 is 0 Å². The van der Waals surface area contributed by atoms with Gasteiger partial charge in [0.05, 0.1) is 6.10 Å². The van der Waals surface area contributed by atoms with Crippen LogP contribution in [0.2, 0.25) is 0 Å². The monoisotopic (exact) mass is 146 g/mol. The minimum atomic E-state index is -0.426. The van der Waals surface area contributed by atoms with E-state index in [2.05, 4.69) is 16.4 Å². The minimum Gasteiger partial charge on any atom is -0.391 e. The lowest BCUT2D eigenvalue weighted by Crippen LogP contribution is -2.13. The molecule has 3 heteroatoms. The first kappa shape index (κ1) is 9.62. The van der Waals surface area contributed by atoms with Gasteiger partial charge in [-0.2, -0.15) is 0 Å². The van der Waals surface area contributed by atoms with Gasteiger partial charge in [-0.05, 0) is 6.42 Å². The molecule has 0 spiro atoms. The molecule has 0 aromatic rings. The Kier molecular flexibility index (Phi) is 6.48. The number of hydrogen-bond donors (Lipinski definition) is 1. The molecule has 0 aromatic carbocycles. The molecule has 10 heavy (non-hydrogen) atoms. The fraction of sp³-hybridized carbons (Fsp3) is 0.714. The number of rotatable bonds is 6. The maximum absolute atomic E-state index is 8.93. The van der Waals surface area contributed by atoms with Gasteiger partial charge in [0.2, 0.25) is 0 Å². The van der Waals surface area contributed by atoms with Crippen molar-refractivity contribution in [2.45, 2.75) is 19.4 Å². The Balaban J connectivity index is 2.95. The zero-order valence-electron chi connectivity index (χ0n) is 6.25. The maximum atomic E-state index is 8.93. The molecule has 1 unspecified atom stereocenters. The topological polar surface area (TPSA) is 38.7 Å². The molecule has 0 aromatic heterocycles. The second-order valence-corrected chi connectivity index (χ2v) is 1.92. The summed E-state index contributed by atoms with van der Waals surface area (Å²) < 4.78 is 0. The summed E-state index contributed by atoms with van der Waals surface area (Å²) in [6, 6.07) is 0. The van der Waals surface area contributed by atoms with Gasteiger partial charge in [0.25, 0.3) is 0 Å². The summed E-state index contributed by atoms with van der Waals surface area (Å²) in [7, 11) is 0. The fourth-order valence-corrected chi connectivity index (χ4v) is 0.341. The molecule has 0 fully saturated rings. The summed E-state index contributed by atoms with van der Waals surface area (Å²) in [4.78, 5) is 9.18. The SMILES string of the molecule is C=CCOOCC(O)CC. The van der Waals surface area contributed by atoms with E-state index in [9.17, 15) is 0 Å². The Morgan fingerprint density at radius 1 is 1.60 bits per heavy atom. The molecular formula is C7H14O3. The second-order valence-electron chi connectivity index (χ2n) is 1.92. The smallest absolute Gasteiger partial charge is 0.108 e. The highest BCUT2D eigenvalue weighted by Crippen LogP contribution is 1.90. The average Bonchev–Trinajstić information content (AvgIpc) is 1.98. The first-order chi connectivity index (χ1) is 4.81. The summed E-state index contributed by atoms with van der Waals surface area (Å²) in [5, 5.41) is 8.93. The van der Waals surface area contributed by atoms with E-state index in [-0.39, 0.29) is 6.61 Å². The van der Waals surface area contributed by atoms with E-state index in [0.717, 1.165) is 0 Å². The van der Waals surface area contributed by atoms with Crippen LogP contribution >= 0.6 is 0 Å². The van der Waals surface area contributed by atoms with Crippen LogP contribution in [0.4, 0.5) is 0 Å². The van der Waals surface area contributed by atoms with Crippen LogP contribution in [0, 0.1) is 0 Å². The van der Waals surface area contributed by atoms with Gasteiger partial charge >= 0.3 is 0 Å². The van der Waals surface area contributed by atoms with Crippen molar-refractivity contribution in [1.82, 2.24) is 0 Å². The van der Waals surface area contributed by atoms with Crippen LogP contribution in [0.25, 0.3) is 0 Å². The molecule has 0 aliphatic carbocycles. The average molecular weight is 146 g/mol. The number of aliphatic hydroxyl groups excluding tert-OH is 1. The first-order valence-electron chi connectivity index (χ1n) is 3.34. The third-order valence-corrected chi connectivity index (χ3v) is 1.00. The van der Waals surface area contributed by atoms with E-state index in [0.29, 0.717) is 13.0 Å². The molecule has 0 saturated heterocycles. The fourth-order valence-electron chi connectivity index (χ4n) is 0.341. The van der Waals surface area contributed by atoms with Crippen molar-refractivity contribution in [3.8, 4) is 0 Å². The highest BCUT2D eigenvalue weighted by molar-refractivity contribution is 4.62. The maximum Gasteiger partial charge on any atom is 0.108 e. The van der Waals surface area contributed by atoms with Gasteiger partial charge in [0.15, 0.2) is 0 Å².